The first-order chi connectivity index (χ1) is 14.6. The van der Waals surface area contributed by atoms with Crippen molar-refractivity contribution in [1.29, 1.82) is 5.41 Å². The van der Waals surface area contributed by atoms with Crippen molar-refractivity contribution in [2.24, 2.45) is 0 Å². The second kappa shape index (κ2) is 8.51. The van der Waals surface area contributed by atoms with E-state index < -0.39 is 23.6 Å². The highest BCUT2D eigenvalue weighted by atomic mass is 16.6. The number of nitrogens with zero attached hydrogens (tertiary/aromatic N) is 1. The van der Waals surface area contributed by atoms with Gasteiger partial charge in [0.1, 0.15) is 11.3 Å². The summed E-state index contributed by atoms with van der Waals surface area (Å²) in [6.45, 7) is 5.16. The van der Waals surface area contributed by atoms with Crippen LogP contribution in [-0.4, -0.2) is 35.1 Å². The van der Waals surface area contributed by atoms with Crippen LogP contribution in [0, 0.1) is 10.3 Å². The number of nitroso groups, excluding NO2 is 1. The Labute approximate surface area is 180 Å². The van der Waals surface area contributed by atoms with E-state index in [1.54, 1.807) is 69.3 Å². The minimum absolute atomic E-state index is 0.0472. The topological polar surface area (TPSA) is 111 Å². The molecule has 2 aromatic carbocycles. The summed E-state index contributed by atoms with van der Waals surface area (Å²) in [7, 11) is 1.38. The molecule has 1 unspecified atom stereocenters. The van der Waals surface area contributed by atoms with Crippen molar-refractivity contribution < 1.29 is 19.1 Å². The molecule has 31 heavy (non-hydrogen) atoms. The molecule has 1 heterocycles. The lowest BCUT2D eigenvalue weighted by Gasteiger charge is -2.20. The summed E-state index contributed by atoms with van der Waals surface area (Å²) < 4.78 is 6.00. The molecule has 1 aliphatic heterocycles. The lowest BCUT2D eigenvalue weighted by Crippen LogP contribution is -2.35. The number of ether oxygens (including phenoxy) is 1. The van der Waals surface area contributed by atoms with Gasteiger partial charge in [-0.25, -0.2) is 4.79 Å². The van der Waals surface area contributed by atoms with Crippen LogP contribution >= 0.6 is 0 Å². The molecule has 2 aromatic rings. The van der Waals surface area contributed by atoms with Crippen molar-refractivity contribution in [1.82, 2.24) is 10.6 Å². The first-order valence-corrected chi connectivity index (χ1v) is 9.77. The smallest absolute Gasteiger partial charge is 0.412 e. The molecule has 0 aliphatic carbocycles. The first kappa shape index (κ1) is 21.9. The Hall–Kier alpha value is -3.81. The predicted octanol–water partition coefficient (Wildman–Crippen LogP) is 3.74. The van der Waals surface area contributed by atoms with Crippen LogP contribution in [0.25, 0.3) is 0 Å². The van der Waals surface area contributed by atoms with Gasteiger partial charge in [-0.05, 0) is 31.9 Å². The molecule has 160 valence electrons. The van der Waals surface area contributed by atoms with Gasteiger partial charge in [0.25, 0.3) is 11.6 Å². The van der Waals surface area contributed by atoms with Gasteiger partial charge in [0.2, 0.25) is 0 Å². The van der Waals surface area contributed by atoms with Crippen LogP contribution in [0.15, 0.2) is 65.9 Å². The molecule has 3 N–H and O–H groups in total. The van der Waals surface area contributed by atoms with E-state index in [1.807, 2.05) is 6.07 Å². The van der Waals surface area contributed by atoms with Crippen LogP contribution in [0.3, 0.4) is 0 Å². The van der Waals surface area contributed by atoms with Gasteiger partial charge in [0.05, 0.1) is 11.8 Å². The fraction of sp³-hybridized carbons (Fsp3) is 0.261. The molecule has 8 heteroatoms. The first-order valence-electron chi connectivity index (χ1n) is 9.77. The maximum absolute atomic E-state index is 12.8. The molecule has 3 rings (SSSR count). The summed E-state index contributed by atoms with van der Waals surface area (Å²) in [6.07, 6.45) is -0.787. The van der Waals surface area contributed by atoms with Gasteiger partial charge < -0.3 is 10.1 Å². The summed E-state index contributed by atoms with van der Waals surface area (Å²) in [5.41, 5.74) is 1.19. The predicted molar refractivity (Wildman–Crippen MR) is 116 cm³/mol. The Balaban J connectivity index is 2.08. The molecule has 0 saturated heterocycles. The molecule has 0 aromatic heterocycles. The number of hydrogen-bond acceptors (Lipinski definition) is 5. The van der Waals surface area contributed by atoms with Crippen molar-refractivity contribution in [3.63, 3.8) is 0 Å². The second-order valence-corrected chi connectivity index (χ2v) is 8.16. The van der Waals surface area contributed by atoms with E-state index >= 15 is 0 Å². The number of carbonyl (C=O) groups excluding carboxylic acids is 2. The normalized spacial score (nSPS) is 16.0. The third-order valence-electron chi connectivity index (χ3n) is 4.59. The minimum Gasteiger partial charge on any atom is -0.444 e. The number of alkyl carbamates (subject to hydrolysis) is 1. The SMILES string of the molecule is C[N+](=O)c1cccc(C2NC(=O)C(NC(=O)OC(C)(C)C)=C2C(=N)c2ccccc2)c1. The Bertz CT molecular complexity index is 1080. The molecule has 0 bridgehead atoms. The van der Waals surface area contributed by atoms with Gasteiger partial charge in [-0.1, -0.05) is 42.5 Å². The number of nitrogens with one attached hydrogen (secondary N) is 3. The van der Waals surface area contributed by atoms with E-state index in [2.05, 4.69) is 10.6 Å². The van der Waals surface area contributed by atoms with Gasteiger partial charge in [-0.3, -0.25) is 15.5 Å². The molecular formula is C23H25N4O4+. The Kier molecular flexibility index (Phi) is 6.01. The third-order valence-corrected chi connectivity index (χ3v) is 4.59. The van der Waals surface area contributed by atoms with E-state index in [0.29, 0.717) is 27.1 Å². The van der Waals surface area contributed by atoms with Gasteiger partial charge in [0, 0.05) is 27.4 Å². The molecule has 1 atom stereocenters. The largest absolute Gasteiger partial charge is 0.444 e. The van der Waals surface area contributed by atoms with Crippen molar-refractivity contribution in [2.75, 3.05) is 7.05 Å². The lowest BCUT2D eigenvalue weighted by atomic mass is 9.92. The molecule has 8 nitrogen and oxygen atoms in total. The number of hydrogen-bond donors (Lipinski definition) is 3. The van der Waals surface area contributed by atoms with Gasteiger partial charge in [-0.15, -0.1) is 0 Å². The zero-order valence-electron chi connectivity index (χ0n) is 17.9. The number of carbonyl (C=O) groups is 2. The fourth-order valence-electron chi connectivity index (χ4n) is 3.25. The minimum atomic E-state index is -0.787. The Morgan fingerprint density at radius 1 is 1.13 bits per heavy atom. The van der Waals surface area contributed by atoms with E-state index in [0.717, 1.165) is 0 Å². The summed E-state index contributed by atoms with van der Waals surface area (Å²) in [4.78, 5) is 37.0. The van der Waals surface area contributed by atoms with E-state index in [-0.39, 0.29) is 11.4 Å². The Morgan fingerprint density at radius 2 is 1.81 bits per heavy atom. The van der Waals surface area contributed by atoms with Crippen LogP contribution in [-0.2, 0) is 9.53 Å². The monoisotopic (exact) mass is 421 g/mol. The molecule has 0 spiro atoms. The molecular weight excluding hydrogens is 396 g/mol. The second-order valence-electron chi connectivity index (χ2n) is 8.16. The van der Waals surface area contributed by atoms with Gasteiger partial charge in [-0.2, -0.15) is 0 Å². The van der Waals surface area contributed by atoms with Crippen molar-refractivity contribution in [3.05, 3.63) is 81.9 Å². The standard InChI is InChI=1S/C23H24N4O4/c1-23(2,3)31-22(29)26-20-17(18(24)14-9-6-5-7-10-14)19(25-21(20)28)15-11-8-12-16(13-15)27(4)30/h5-13,19H,1-4H3,(H2-,24,25,26,28,29)/p+1. The molecule has 0 radical (unpaired) electrons. The molecule has 0 fully saturated rings. The Morgan fingerprint density at radius 3 is 2.42 bits per heavy atom. The van der Waals surface area contributed by atoms with Gasteiger partial charge in [0.15, 0.2) is 7.05 Å². The summed E-state index contributed by atoms with van der Waals surface area (Å²) in [6, 6.07) is 14.9. The quantitative estimate of drug-likeness (QED) is 0.504. The van der Waals surface area contributed by atoms with E-state index in [4.69, 9.17) is 10.1 Å². The average Bonchev–Trinajstić information content (AvgIpc) is 3.03. The highest BCUT2D eigenvalue weighted by Crippen LogP contribution is 2.33. The average molecular weight is 421 g/mol. The lowest BCUT2D eigenvalue weighted by molar-refractivity contribution is -0.428. The maximum atomic E-state index is 12.8. The van der Waals surface area contributed by atoms with Crippen LogP contribution in [0.1, 0.15) is 37.9 Å². The molecule has 2 amide bonds. The maximum Gasteiger partial charge on any atom is 0.412 e. The van der Waals surface area contributed by atoms with Crippen molar-refractivity contribution >= 4 is 23.4 Å². The fourth-order valence-corrected chi connectivity index (χ4v) is 3.25. The highest BCUT2D eigenvalue weighted by Gasteiger charge is 2.37. The van der Waals surface area contributed by atoms with Crippen LogP contribution in [0.5, 0.6) is 0 Å². The summed E-state index contributed by atoms with van der Waals surface area (Å²) in [5, 5.41) is 14.1. The van der Waals surface area contributed by atoms with Crippen molar-refractivity contribution in [3.8, 4) is 0 Å². The van der Waals surface area contributed by atoms with Crippen LogP contribution < -0.4 is 10.6 Å². The zero-order chi connectivity index (χ0) is 22.8. The molecule has 0 saturated carbocycles. The summed E-state index contributed by atoms with van der Waals surface area (Å²) >= 11 is 0. The van der Waals surface area contributed by atoms with Crippen molar-refractivity contribution in [2.45, 2.75) is 32.4 Å². The van der Waals surface area contributed by atoms with Crippen LogP contribution in [0.2, 0.25) is 0 Å². The number of benzene rings is 2. The number of rotatable bonds is 5. The number of amides is 2. The van der Waals surface area contributed by atoms with Crippen LogP contribution in [0.4, 0.5) is 10.5 Å². The van der Waals surface area contributed by atoms with E-state index in [9.17, 15) is 14.5 Å². The zero-order valence-corrected chi connectivity index (χ0v) is 17.9. The van der Waals surface area contributed by atoms with Gasteiger partial charge >= 0.3 is 6.09 Å². The third kappa shape index (κ3) is 5.03. The molecule has 1 aliphatic rings. The van der Waals surface area contributed by atoms with E-state index in [1.165, 1.54) is 7.05 Å². The summed E-state index contributed by atoms with van der Waals surface area (Å²) in [5.74, 6) is -0.535. The highest BCUT2D eigenvalue weighted by molar-refractivity contribution is 6.18.